The van der Waals surface area contributed by atoms with Gasteiger partial charge in [-0.25, -0.2) is 9.67 Å². The zero-order valence-electron chi connectivity index (χ0n) is 19.0. The normalized spacial score (nSPS) is 20.1. The second kappa shape index (κ2) is 8.70. The van der Waals surface area contributed by atoms with Gasteiger partial charge in [0.1, 0.15) is 11.7 Å². The molecule has 4 heterocycles. The molecule has 1 N–H and O–H groups in total. The quantitative estimate of drug-likeness (QED) is 0.546. The molecule has 10 nitrogen and oxygen atoms in total. The molecule has 0 bridgehead atoms. The summed E-state index contributed by atoms with van der Waals surface area (Å²) >= 11 is 0. The van der Waals surface area contributed by atoms with Gasteiger partial charge in [-0.15, -0.1) is 5.10 Å². The van der Waals surface area contributed by atoms with Crippen molar-refractivity contribution >= 4 is 17.7 Å². The molecule has 6 rings (SSSR count). The Morgan fingerprint density at radius 2 is 1.97 bits per heavy atom. The molecule has 2 aliphatic heterocycles. The summed E-state index contributed by atoms with van der Waals surface area (Å²) < 4.78 is 7.49. The lowest BCUT2D eigenvalue weighted by Gasteiger charge is -2.29. The van der Waals surface area contributed by atoms with Crippen LogP contribution in [0.4, 0.5) is 0 Å². The second-order valence-corrected chi connectivity index (χ2v) is 9.17. The van der Waals surface area contributed by atoms with Crippen LogP contribution >= 0.6 is 0 Å². The van der Waals surface area contributed by atoms with Gasteiger partial charge in [0.15, 0.2) is 5.82 Å². The molecule has 10 heteroatoms. The van der Waals surface area contributed by atoms with Gasteiger partial charge < -0.3 is 9.64 Å². The Kier molecular flexibility index (Phi) is 5.37. The number of rotatable bonds is 6. The van der Waals surface area contributed by atoms with Crippen molar-refractivity contribution in [1.29, 1.82) is 0 Å². The molecule has 1 aliphatic carbocycles. The Bertz CT molecular complexity index is 1330. The van der Waals surface area contributed by atoms with Crippen LogP contribution in [0.5, 0.6) is 0 Å². The van der Waals surface area contributed by atoms with E-state index in [1.165, 1.54) is 11.3 Å². The SMILES string of the molecule is O=C1CC[C@@H](N2Cc3cc(-c4cn(-c5cccc(COC6CCC6)n5)nn4)ccc3C2=O)C(=O)N1. The van der Waals surface area contributed by atoms with E-state index in [1.54, 1.807) is 16.9 Å². The third-order valence-electron chi connectivity index (χ3n) is 6.86. The minimum absolute atomic E-state index is 0.199. The number of carbonyl (C=O) groups is 3. The summed E-state index contributed by atoms with van der Waals surface area (Å²) in [5, 5.41) is 10.9. The molecule has 0 radical (unpaired) electrons. The van der Waals surface area contributed by atoms with Gasteiger partial charge in [0.2, 0.25) is 11.8 Å². The summed E-state index contributed by atoms with van der Waals surface area (Å²) in [5.74, 6) is -0.265. The number of ether oxygens (including phenoxy) is 1. The monoisotopic (exact) mass is 472 g/mol. The molecule has 1 saturated carbocycles. The number of hydrogen-bond donors (Lipinski definition) is 1. The largest absolute Gasteiger partial charge is 0.372 e. The van der Waals surface area contributed by atoms with Crippen LogP contribution in [0.3, 0.4) is 0 Å². The maximum absolute atomic E-state index is 12.9. The number of carbonyl (C=O) groups excluding carboxylic acids is 3. The average Bonchev–Trinajstić information content (AvgIpc) is 3.44. The highest BCUT2D eigenvalue weighted by molar-refractivity contribution is 6.05. The summed E-state index contributed by atoms with van der Waals surface area (Å²) in [4.78, 5) is 42.8. The molecule has 1 aromatic carbocycles. The smallest absolute Gasteiger partial charge is 0.255 e. The van der Waals surface area contributed by atoms with Gasteiger partial charge in [0.25, 0.3) is 5.91 Å². The molecule has 0 unspecified atom stereocenters. The summed E-state index contributed by atoms with van der Waals surface area (Å²) in [7, 11) is 0. The number of hydrogen-bond acceptors (Lipinski definition) is 7. The standard InChI is InChI=1S/C25H24N6O4/c32-23-10-9-21(24(33)27-23)30-12-16-11-15(7-8-19(16)25(30)34)20-13-31(29-28-20)22-6-1-3-17(26-22)14-35-18-4-2-5-18/h1,3,6-8,11,13,18,21H,2,4-5,9-10,12,14H2,(H,27,32,33)/t21-/m1/s1. The zero-order chi connectivity index (χ0) is 23.9. The number of pyridine rings is 1. The molecule has 178 valence electrons. The van der Waals surface area contributed by atoms with Crippen LogP contribution in [-0.2, 0) is 27.5 Å². The van der Waals surface area contributed by atoms with Crippen molar-refractivity contribution < 1.29 is 19.1 Å². The third kappa shape index (κ3) is 4.10. The molecule has 1 atom stereocenters. The maximum atomic E-state index is 12.9. The van der Waals surface area contributed by atoms with Crippen LogP contribution in [0.25, 0.3) is 17.1 Å². The fourth-order valence-electron chi connectivity index (χ4n) is 4.66. The van der Waals surface area contributed by atoms with E-state index in [0.29, 0.717) is 42.8 Å². The van der Waals surface area contributed by atoms with Crippen molar-refractivity contribution in [3.8, 4) is 17.1 Å². The number of amides is 3. The lowest BCUT2D eigenvalue weighted by atomic mass is 9.96. The van der Waals surface area contributed by atoms with E-state index in [0.717, 1.165) is 29.7 Å². The first-order chi connectivity index (χ1) is 17.0. The van der Waals surface area contributed by atoms with E-state index in [-0.39, 0.29) is 18.2 Å². The van der Waals surface area contributed by atoms with Crippen molar-refractivity contribution in [3.63, 3.8) is 0 Å². The summed E-state index contributed by atoms with van der Waals surface area (Å²) in [6.45, 7) is 0.787. The number of nitrogens with one attached hydrogen (secondary N) is 1. The van der Waals surface area contributed by atoms with Crippen LogP contribution in [0, 0.1) is 0 Å². The van der Waals surface area contributed by atoms with Crippen molar-refractivity contribution in [3.05, 3.63) is 59.4 Å². The molecule has 3 aromatic rings. The minimum Gasteiger partial charge on any atom is -0.372 e. The van der Waals surface area contributed by atoms with Gasteiger partial charge in [-0.05, 0) is 55.5 Å². The van der Waals surface area contributed by atoms with E-state index in [9.17, 15) is 14.4 Å². The van der Waals surface area contributed by atoms with Crippen molar-refractivity contribution in [2.45, 2.75) is 57.4 Å². The Hall–Kier alpha value is -3.92. The van der Waals surface area contributed by atoms with Crippen molar-refractivity contribution in [2.75, 3.05) is 0 Å². The van der Waals surface area contributed by atoms with Gasteiger partial charge in [0.05, 0.1) is 24.6 Å². The number of fused-ring (bicyclic) bond motifs is 1. The first-order valence-corrected chi connectivity index (χ1v) is 11.8. The predicted octanol–water partition coefficient (Wildman–Crippen LogP) is 2.16. The van der Waals surface area contributed by atoms with Crippen molar-refractivity contribution in [2.24, 2.45) is 0 Å². The lowest BCUT2D eigenvalue weighted by molar-refractivity contribution is -0.136. The summed E-state index contributed by atoms with van der Waals surface area (Å²) in [5.41, 5.74) is 3.69. The van der Waals surface area contributed by atoms with Crippen LogP contribution < -0.4 is 5.32 Å². The third-order valence-corrected chi connectivity index (χ3v) is 6.86. The Morgan fingerprint density at radius 1 is 1.09 bits per heavy atom. The van der Waals surface area contributed by atoms with Gasteiger partial charge >= 0.3 is 0 Å². The fraction of sp³-hybridized carbons (Fsp3) is 0.360. The highest BCUT2D eigenvalue weighted by atomic mass is 16.5. The number of piperidine rings is 1. The Labute approximate surface area is 201 Å². The number of imide groups is 1. The van der Waals surface area contributed by atoms with Crippen LogP contribution in [-0.4, -0.2) is 54.7 Å². The van der Waals surface area contributed by atoms with Crippen LogP contribution in [0.15, 0.2) is 42.6 Å². The highest BCUT2D eigenvalue weighted by Gasteiger charge is 2.39. The van der Waals surface area contributed by atoms with E-state index in [1.807, 2.05) is 30.3 Å². The average molecular weight is 473 g/mol. The first-order valence-electron chi connectivity index (χ1n) is 11.8. The second-order valence-electron chi connectivity index (χ2n) is 9.17. The van der Waals surface area contributed by atoms with Gasteiger partial charge in [0, 0.05) is 24.1 Å². The molecule has 3 amide bonds. The molecule has 1 saturated heterocycles. The van der Waals surface area contributed by atoms with E-state index in [2.05, 4.69) is 20.6 Å². The lowest BCUT2D eigenvalue weighted by Crippen LogP contribution is -2.52. The van der Waals surface area contributed by atoms with Crippen molar-refractivity contribution in [1.82, 2.24) is 30.2 Å². The van der Waals surface area contributed by atoms with Crippen LogP contribution in [0.1, 0.15) is 53.7 Å². The first kappa shape index (κ1) is 21.6. The number of benzene rings is 1. The minimum atomic E-state index is -0.636. The number of aromatic nitrogens is 4. The van der Waals surface area contributed by atoms with E-state index in [4.69, 9.17) is 4.74 Å². The molecule has 35 heavy (non-hydrogen) atoms. The molecule has 3 aliphatic rings. The Balaban J connectivity index is 1.19. The van der Waals surface area contributed by atoms with Gasteiger partial charge in [-0.2, -0.15) is 0 Å². The zero-order valence-corrected chi connectivity index (χ0v) is 19.0. The molecule has 2 fully saturated rings. The molecular weight excluding hydrogens is 448 g/mol. The predicted molar refractivity (Wildman–Crippen MR) is 123 cm³/mol. The van der Waals surface area contributed by atoms with Gasteiger partial charge in [-0.1, -0.05) is 17.3 Å². The topological polar surface area (TPSA) is 119 Å². The maximum Gasteiger partial charge on any atom is 0.255 e. The summed E-state index contributed by atoms with van der Waals surface area (Å²) in [6.07, 6.45) is 6.17. The highest BCUT2D eigenvalue weighted by Crippen LogP contribution is 2.31. The van der Waals surface area contributed by atoms with Crippen LogP contribution in [0.2, 0.25) is 0 Å². The molecule has 0 spiro atoms. The van der Waals surface area contributed by atoms with E-state index < -0.39 is 11.9 Å². The van der Waals surface area contributed by atoms with E-state index >= 15 is 0 Å². The number of nitrogens with zero attached hydrogens (tertiary/aromatic N) is 5. The summed E-state index contributed by atoms with van der Waals surface area (Å²) in [6, 6.07) is 10.6. The molecular formula is C25H24N6O4. The molecule has 2 aromatic heterocycles. The fourth-order valence-corrected chi connectivity index (χ4v) is 4.66. The Morgan fingerprint density at radius 3 is 2.77 bits per heavy atom. The van der Waals surface area contributed by atoms with Gasteiger partial charge in [-0.3, -0.25) is 19.7 Å².